The highest BCUT2D eigenvalue weighted by Gasteiger charge is 2.26. The first-order valence-electron chi connectivity index (χ1n) is 7.97. The van der Waals surface area contributed by atoms with Crippen molar-refractivity contribution in [1.29, 1.82) is 0 Å². The third-order valence-electron chi connectivity index (χ3n) is 2.98. The number of benzene rings is 1. The third-order valence-corrected chi connectivity index (χ3v) is 3.23. The minimum atomic E-state index is -0.743. The largest absolute Gasteiger partial charge is 0.459 e. The van der Waals surface area contributed by atoms with Crippen LogP contribution in [0.3, 0.4) is 0 Å². The van der Waals surface area contributed by atoms with Gasteiger partial charge in [0.1, 0.15) is 18.2 Å². The Morgan fingerprint density at radius 1 is 1.17 bits per heavy atom. The van der Waals surface area contributed by atoms with Crippen molar-refractivity contribution in [2.24, 2.45) is 5.92 Å². The van der Waals surface area contributed by atoms with E-state index in [2.05, 4.69) is 5.32 Å². The fourth-order valence-corrected chi connectivity index (χ4v) is 2.10. The first kappa shape index (κ1) is 20.3. The van der Waals surface area contributed by atoms with Gasteiger partial charge in [-0.1, -0.05) is 37.6 Å². The molecule has 1 rings (SSSR count). The van der Waals surface area contributed by atoms with Crippen molar-refractivity contribution >= 4 is 23.7 Å². The van der Waals surface area contributed by atoms with Crippen LogP contribution in [0.2, 0.25) is 5.02 Å². The lowest BCUT2D eigenvalue weighted by atomic mass is 10.0. The molecule has 1 amide bonds. The number of carbonyl (C=O) groups is 2. The monoisotopic (exact) mass is 355 g/mol. The summed E-state index contributed by atoms with van der Waals surface area (Å²) in [5.41, 5.74) is 0.202. The summed E-state index contributed by atoms with van der Waals surface area (Å²) >= 11 is 5.82. The molecule has 0 aliphatic carbocycles. The van der Waals surface area contributed by atoms with Gasteiger partial charge in [0, 0.05) is 5.02 Å². The number of ether oxygens (including phenoxy) is 2. The fourth-order valence-electron chi connectivity index (χ4n) is 1.97. The Balaban J connectivity index is 2.63. The molecule has 0 aromatic heterocycles. The maximum atomic E-state index is 12.3. The number of carbonyl (C=O) groups excluding carboxylic acids is 2. The van der Waals surface area contributed by atoms with Crippen LogP contribution >= 0.6 is 11.6 Å². The van der Waals surface area contributed by atoms with Gasteiger partial charge in [-0.15, -0.1) is 0 Å². The standard InChI is InChI=1S/C18H26ClNO4/c1-12(2)10-15(20-17(22)24-18(3,4)5)16(21)23-11-13-6-8-14(19)9-7-13/h6-9,12,15H,10-11H2,1-5H3,(H,20,22). The first-order valence-corrected chi connectivity index (χ1v) is 8.35. The van der Waals surface area contributed by atoms with E-state index >= 15 is 0 Å². The summed E-state index contributed by atoms with van der Waals surface area (Å²) in [5, 5.41) is 3.21. The van der Waals surface area contributed by atoms with Crippen LogP contribution in [0.25, 0.3) is 0 Å². The van der Waals surface area contributed by atoms with Crippen molar-refractivity contribution in [2.75, 3.05) is 0 Å². The van der Waals surface area contributed by atoms with Gasteiger partial charge in [-0.05, 0) is 50.8 Å². The van der Waals surface area contributed by atoms with E-state index in [9.17, 15) is 9.59 Å². The minimum absolute atomic E-state index is 0.126. The van der Waals surface area contributed by atoms with Crippen molar-refractivity contribution in [2.45, 2.75) is 59.3 Å². The molecule has 0 spiro atoms. The summed E-state index contributed by atoms with van der Waals surface area (Å²) in [6.07, 6.45) is -0.157. The van der Waals surface area contributed by atoms with E-state index in [1.807, 2.05) is 13.8 Å². The Kier molecular flexibility index (Phi) is 7.55. The normalized spacial score (nSPS) is 12.6. The van der Waals surface area contributed by atoms with E-state index < -0.39 is 23.7 Å². The molecule has 24 heavy (non-hydrogen) atoms. The summed E-state index contributed by atoms with van der Waals surface area (Å²) in [5.74, 6) is -0.266. The predicted octanol–water partition coefficient (Wildman–Crippen LogP) is 4.32. The topological polar surface area (TPSA) is 64.6 Å². The van der Waals surface area contributed by atoms with E-state index in [1.165, 1.54) is 0 Å². The molecule has 1 atom stereocenters. The maximum absolute atomic E-state index is 12.3. The van der Waals surface area contributed by atoms with Crippen LogP contribution in [-0.2, 0) is 20.9 Å². The van der Waals surface area contributed by atoms with E-state index in [4.69, 9.17) is 21.1 Å². The van der Waals surface area contributed by atoms with Crippen LogP contribution in [0, 0.1) is 5.92 Å². The molecule has 1 aromatic carbocycles. The predicted molar refractivity (Wildman–Crippen MR) is 93.9 cm³/mol. The first-order chi connectivity index (χ1) is 11.1. The molecule has 6 heteroatoms. The Hall–Kier alpha value is -1.75. The highest BCUT2D eigenvalue weighted by Crippen LogP contribution is 2.13. The van der Waals surface area contributed by atoms with Gasteiger partial charge in [-0.3, -0.25) is 0 Å². The zero-order valence-electron chi connectivity index (χ0n) is 14.9. The van der Waals surface area contributed by atoms with Gasteiger partial charge in [-0.2, -0.15) is 0 Å². The van der Waals surface area contributed by atoms with E-state index in [-0.39, 0.29) is 12.5 Å². The molecule has 0 aliphatic heterocycles. The smallest absolute Gasteiger partial charge is 0.408 e. The van der Waals surface area contributed by atoms with E-state index in [0.717, 1.165) is 5.56 Å². The van der Waals surface area contributed by atoms with Crippen molar-refractivity contribution in [3.63, 3.8) is 0 Å². The number of alkyl carbamates (subject to hydrolysis) is 1. The van der Waals surface area contributed by atoms with Crippen molar-refractivity contribution in [3.8, 4) is 0 Å². The van der Waals surface area contributed by atoms with Crippen LogP contribution in [0.15, 0.2) is 24.3 Å². The van der Waals surface area contributed by atoms with Crippen molar-refractivity contribution < 1.29 is 19.1 Å². The van der Waals surface area contributed by atoms with Crippen molar-refractivity contribution in [3.05, 3.63) is 34.9 Å². The number of hydrogen-bond donors (Lipinski definition) is 1. The molecule has 134 valence electrons. The fraction of sp³-hybridized carbons (Fsp3) is 0.556. The highest BCUT2D eigenvalue weighted by molar-refractivity contribution is 6.30. The molecule has 0 fully saturated rings. The summed E-state index contributed by atoms with van der Waals surface area (Å²) in [6, 6.07) is 6.29. The van der Waals surface area contributed by atoms with Gasteiger partial charge in [0.05, 0.1) is 0 Å². The van der Waals surface area contributed by atoms with Gasteiger partial charge >= 0.3 is 12.1 Å². The van der Waals surface area contributed by atoms with Crippen LogP contribution in [-0.4, -0.2) is 23.7 Å². The van der Waals surface area contributed by atoms with E-state index in [1.54, 1.807) is 45.0 Å². The number of esters is 1. The Labute approximate surface area is 148 Å². The second-order valence-electron chi connectivity index (χ2n) is 7.06. The molecule has 0 saturated carbocycles. The molecule has 1 aromatic rings. The maximum Gasteiger partial charge on any atom is 0.408 e. The van der Waals surface area contributed by atoms with Gasteiger partial charge in [-0.25, -0.2) is 9.59 Å². The number of halogens is 1. The van der Waals surface area contributed by atoms with Gasteiger partial charge in [0.2, 0.25) is 0 Å². The molecule has 0 heterocycles. The second-order valence-corrected chi connectivity index (χ2v) is 7.50. The number of amides is 1. The zero-order valence-corrected chi connectivity index (χ0v) is 15.6. The molecular formula is C18H26ClNO4. The average Bonchev–Trinajstić information content (AvgIpc) is 2.43. The molecular weight excluding hydrogens is 330 g/mol. The molecule has 0 bridgehead atoms. The molecule has 0 aliphatic rings. The molecule has 0 radical (unpaired) electrons. The lowest BCUT2D eigenvalue weighted by molar-refractivity contribution is -0.148. The Morgan fingerprint density at radius 2 is 1.75 bits per heavy atom. The lowest BCUT2D eigenvalue weighted by Gasteiger charge is -2.23. The van der Waals surface area contributed by atoms with Gasteiger partial charge in [0.25, 0.3) is 0 Å². The average molecular weight is 356 g/mol. The molecule has 0 saturated heterocycles. The SMILES string of the molecule is CC(C)CC(NC(=O)OC(C)(C)C)C(=O)OCc1ccc(Cl)cc1. The summed E-state index contributed by atoms with van der Waals surface area (Å²) in [7, 11) is 0. The van der Waals surface area contributed by atoms with Crippen LogP contribution in [0.1, 0.15) is 46.6 Å². The summed E-state index contributed by atoms with van der Waals surface area (Å²) in [6.45, 7) is 9.36. The van der Waals surface area contributed by atoms with Crippen LogP contribution in [0.4, 0.5) is 4.79 Å². The lowest BCUT2D eigenvalue weighted by Crippen LogP contribution is -2.44. The van der Waals surface area contributed by atoms with E-state index in [0.29, 0.717) is 11.4 Å². The third kappa shape index (κ3) is 8.20. The molecule has 5 nitrogen and oxygen atoms in total. The molecule has 1 N–H and O–H groups in total. The number of nitrogens with one attached hydrogen (secondary N) is 1. The quantitative estimate of drug-likeness (QED) is 0.771. The Morgan fingerprint density at radius 3 is 2.25 bits per heavy atom. The van der Waals surface area contributed by atoms with Gasteiger partial charge in [0.15, 0.2) is 0 Å². The number of rotatable bonds is 6. The zero-order chi connectivity index (χ0) is 18.3. The number of hydrogen-bond acceptors (Lipinski definition) is 4. The summed E-state index contributed by atoms with van der Waals surface area (Å²) in [4.78, 5) is 24.2. The van der Waals surface area contributed by atoms with Crippen LogP contribution in [0.5, 0.6) is 0 Å². The summed E-state index contributed by atoms with van der Waals surface area (Å²) < 4.78 is 10.5. The van der Waals surface area contributed by atoms with Crippen LogP contribution < -0.4 is 5.32 Å². The van der Waals surface area contributed by atoms with Gasteiger partial charge < -0.3 is 14.8 Å². The highest BCUT2D eigenvalue weighted by atomic mass is 35.5. The second kappa shape index (κ2) is 8.92. The van der Waals surface area contributed by atoms with Crippen molar-refractivity contribution in [1.82, 2.24) is 5.32 Å². The molecule has 1 unspecified atom stereocenters. The Bertz CT molecular complexity index is 549. The minimum Gasteiger partial charge on any atom is -0.459 e.